The number of ether oxygens (including phenoxy) is 2. The summed E-state index contributed by atoms with van der Waals surface area (Å²) in [6.45, 7) is 0.200. The second-order valence-corrected chi connectivity index (χ2v) is 5.45. The fraction of sp³-hybridized carbons (Fsp3) is 0.125. The third-order valence-electron chi connectivity index (χ3n) is 3.01. The van der Waals surface area contributed by atoms with Crippen molar-refractivity contribution in [2.45, 2.75) is 6.61 Å². The number of benzene rings is 2. The number of hydrogen-bond donors (Lipinski definition) is 2. The molecule has 2 rings (SSSR count). The van der Waals surface area contributed by atoms with E-state index in [0.717, 1.165) is 0 Å². The summed E-state index contributed by atoms with van der Waals surface area (Å²) in [5.74, 6) is 1.02. The lowest BCUT2D eigenvalue weighted by molar-refractivity contribution is 0.249. The zero-order valence-electron chi connectivity index (χ0n) is 12.8. The molecule has 0 unspecified atom stereocenters. The maximum absolute atomic E-state index is 10.6. The first-order chi connectivity index (χ1) is 11.5. The third-order valence-corrected chi connectivity index (χ3v) is 3.72. The normalized spacial score (nSPS) is 10.6. The van der Waals surface area contributed by atoms with Gasteiger partial charge in [0, 0.05) is 15.6 Å². The van der Waals surface area contributed by atoms with Crippen LogP contribution in [-0.4, -0.2) is 19.4 Å². The van der Waals surface area contributed by atoms with Crippen LogP contribution in [0.1, 0.15) is 11.1 Å². The number of carbonyl (C=O) groups excluding carboxylic acids is 1. The lowest BCUT2D eigenvalue weighted by Crippen LogP contribution is -2.24. The van der Waals surface area contributed by atoms with Gasteiger partial charge in [0.25, 0.3) is 0 Å². The van der Waals surface area contributed by atoms with Crippen LogP contribution in [0, 0.1) is 0 Å². The lowest BCUT2D eigenvalue weighted by atomic mass is 10.2. The van der Waals surface area contributed by atoms with E-state index in [1.54, 1.807) is 36.4 Å². The molecular formula is C16H15Cl2N3O3. The van der Waals surface area contributed by atoms with E-state index in [2.05, 4.69) is 10.5 Å². The highest BCUT2D eigenvalue weighted by Gasteiger charge is 2.09. The Kier molecular flexibility index (Phi) is 6.28. The number of halogens is 2. The van der Waals surface area contributed by atoms with Gasteiger partial charge in [0.15, 0.2) is 11.5 Å². The number of nitrogens with one attached hydrogen (secondary N) is 1. The highest BCUT2D eigenvalue weighted by Crippen LogP contribution is 2.31. The molecule has 0 saturated carbocycles. The monoisotopic (exact) mass is 367 g/mol. The van der Waals surface area contributed by atoms with Crippen LogP contribution in [0.25, 0.3) is 0 Å². The van der Waals surface area contributed by atoms with Gasteiger partial charge in [0.2, 0.25) is 0 Å². The van der Waals surface area contributed by atoms with Crippen LogP contribution in [-0.2, 0) is 6.61 Å². The molecule has 0 atom stereocenters. The maximum atomic E-state index is 10.6. The zero-order valence-corrected chi connectivity index (χ0v) is 14.3. The van der Waals surface area contributed by atoms with Gasteiger partial charge in [-0.2, -0.15) is 5.10 Å². The second kappa shape index (κ2) is 8.42. The Morgan fingerprint density at radius 3 is 2.58 bits per heavy atom. The van der Waals surface area contributed by atoms with E-state index < -0.39 is 6.03 Å². The third kappa shape index (κ3) is 4.78. The number of amides is 2. The van der Waals surface area contributed by atoms with Crippen molar-refractivity contribution in [1.29, 1.82) is 0 Å². The van der Waals surface area contributed by atoms with Crippen LogP contribution in [0.15, 0.2) is 41.5 Å². The van der Waals surface area contributed by atoms with E-state index in [4.69, 9.17) is 38.4 Å². The molecule has 0 aliphatic carbocycles. The van der Waals surface area contributed by atoms with E-state index in [-0.39, 0.29) is 6.61 Å². The Balaban J connectivity index is 2.13. The van der Waals surface area contributed by atoms with Crippen molar-refractivity contribution < 1.29 is 14.3 Å². The molecule has 0 aliphatic heterocycles. The fourth-order valence-electron chi connectivity index (χ4n) is 1.87. The molecule has 8 heteroatoms. The molecule has 2 aromatic rings. The number of nitrogens with two attached hydrogens (primary N) is 1. The molecule has 0 saturated heterocycles. The largest absolute Gasteiger partial charge is 0.493 e. The predicted molar refractivity (Wildman–Crippen MR) is 94.1 cm³/mol. The number of methoxy groups -OCH3 is 1. The first-order valence-electron chi connectivity index (χ1n) is 6.83. The van der Waals surface area contributed by atoms with Crippen LogP contribution in [0.4, 0.5) is 4.79 Å². The number of primary amides is 1. The van der Waals surface area contributed by atoms with Crippen molar-refractivity contribution in [2.75, 3.05) is 7.11 Å². The van der Waals surface area contributed by atoms with Crippen LogP contribution in [0.5, 0.6) is 11.5 Å². The predicted octanol–water partition coefficient (Wildman–Crippen LogP) is 3.58. The summed E-state index contributed by atoms with van der Waals surface area (Å²) in [5, 5.41) is 4.74. The average Bonchev–Trinajstić information content (AvgIpc) is 2.54. The smallest absolute Gasteiger partial charge is 0.332 e. The average molecular weight is 368 g/mol. The van der Waals surface area contributed by atoms with Gasteiger partial charge in [0.1, 0.15) is 6.61 Å². The summed E-state index contributed by atoms with van der Waals surface area (Å²) in [4.78, 5) is 10.6. The van der Waals surface area contributed by atoms with E-state index in [9.17, 15) is 4.79 Å². The minimum absolute atomic E-state index is 0.200. The van der Waals surface area contributed by atoms with E-state index in [1.807, 2.05) is 0 Å². The molecule has 126 valence electrons. The molecule has 2 aromatic carbocycles. The Morgan fingerprint density at radius 1 is 1.25 bits per heavy atom. The molecule has 6 nitrogen and oxygen atoms in total. The molecule has 0 spiro atoms. The molecular weight excluding hydrogens is 353 g/mol. The number of rotatable bonds is 6. The summed E-state index contributed by atoms with van der Waals surface area (Å²) in [6, 6.07) is 9.69. The Hall–Kier alpha value is -2.44. The second-order valence-electron chi connectivity index (χ2n) is 4.63. The van der Waals surface area contributed by atoms with Gasteiger partial charge in [-0.3, -0.25) is 0 Å². The number of nitrogens with zero attached hydrogens (tertiary/aromatic N) is 1. The van der Waals surface area contributed by atoms with Crippen molar-refractivity contribution >= 4 is 35.4 Å². The molecule has 0 aromatic heterocycles. The van der Waals surface area contributed by atoms with Gasteiger partial charge in [-0.05, 0) is 35.9 Å². The van der Waals surface area contributed by atoms with Crippen LogP contribution >= 0.6 is 23.2 Å². The molecule has 0 aliphatic rings. The first kappa shape index (κ1) is 17.9. The Morgan fingerprint density at radius 2 is 1.96 bits per heavy atom. The number of urea groups is 1. The summed E-state index contributed by atoms with van der Waals surface area (Å²) in [5.41, 5.74) is 8.43. The Bertz CT molecular complexity index is 746. The number of carbonyl (C=O) groups is 1. The van der Waals surface area contributed by atoms with Crippen LogP contribution < -0.4 is 20.6 Å². The number of hydrazone groups is 1. The summed E-state index contributed by atoms with van der Waals surface area (Å²) >= 11 is 12.2. The maximum Gasteiger partial charge on any atom is 0.332 e. The highest BCUT2D eigenvalue weighted by molar-refractivity contribution is 6.35. The molecule has 0 heterocycles. The standard InChI is InChI=1S/C16H15Cl2N3O3/c1-23-15-7-10(8-20-21-16(19)22)5-6-14(15)24-9-11-12(17)3-2-4-13(11)18/h2-8H,9H2,1H3,(H3,19,21,22). The van der Waals surface area contributed by atoms with Crippen LogP contribution in [0.2, 0.25) is 10.0 Å². The lowest BCUT2D eigenvalue weighted by Gasteiger charge is -2.13. The van der Waals surface area contributed by atoms with E-state index in [0.29, 0.717) is 32.7 Å². The van der Waals surface area contributed by atoms with Gasteiger partial charge in [-0.15, -0.1) is 0 Å². The summed E-state index contributed by atoms with van der Waals surface area (Å²) in [6.07, 6.45) is 1.43. The SMILES string of the molecule is COc1cc(C=NNC(N)=O)ccc1OCc1c(Cl)cccc1Cl. The van der Waals surface area contributed by atoms with Crippen molar-refractivity contribution in [3.8, 4) is 11.5 Å². The summed E-state index contributed by atoms with van der Waals surface area (Å²) in [7, 11) is 1.52. The van der Waals surface area contributed by atoms with Crippen molar-refractivity contribution in [3.05, 3.63) is 57.6 Å². The van der Waals surface area contributed by atoms with Crippen LogP contribution in [0.3, 0.4) is 0 Å². The number of hydrogen-bond acceptors (Lipinski definition) is 4. The van der Waals surface area contributed by atoms with E-state index in [1.165, 1.54) is 13.3 Å². The van der Waals surface area contributed by atoms with Crippen molar-refractivity contribution in [2.24, 2.45) is 10.8 Å². The zero-order chi connectivity index (χ0) is 17.5. The molecule has 0 radical (unpaired) electrons. The van der Waals surface area contributed by atoms with Gasteiger partial charge in [0.05, 0.1) is 13.3 Å². The summed E-state index contributed by atoms with van der Waals surface area (Å²) < 4.78 is 11.0. The van der Waals surface area contributed by atoms with Crippen molar-refractivity contribution in [1.82, 2.24) is 5.43 Å². The van der Waals surface area contributed by atoms with Gasteiger partial charge < -0.3 is 15.2 Å². The molecule has 3 N–H and O–H groups in total. The molecule has 0 fully saturated rings. The Labute approximate surface area is 149 Å². The molecule has 2 amide bonds. The molecule has 24 heavy (non-hydrogen) atoms. The highest BCUT2D eigenvalue weighted by atomic mass is 35.5. The molecule has 0 bridgehead atoms. The van der Waals surface area contributed by atoms with Crippen molar-refractivity contribution in [3.63, 3.8) is 0 Å². The van der Waals surface area contributed by atoms with Gasteiger partial charge in [-0.25, -0.2) is 10.2 Å². The van der Waals surface area contributed by atoms with Gasteiger partial charge in [-0.1, -0.05) is 29.3 Å². The van der Waals surface area contributed by atoms with E-state index >= 15 is 0 Å². The fourth-order valence-corrected chi connectivity index (χ4v) is 2.38. The first-order valence-corrected chi connectivity index (χ1v) is 7.59. The minimum Gasteiger partial charge on any atom is -0.493 e. The minimum atomic E-state index is -0.741. The topological polar surface area (TPSA) is 85.9 Å². The quantitative estimate of drug-likeness (QED) is 0.604. The van der Waals surface area contributed by atoms with Gasteiger partial charge >= 0.3 is 6.03 Å².